The number of nitrogens with zero attached hydrogens (tertiary/aromatic N) is 1. The molecule has 0 atom stereocenters. The van der Waals surface area contributed by atoms with Gasteiger partial charge in [-0.3, -0.25) is 5.32 Å². The Hall–Kier alpha value is -0.610. The van der Waals surface area contributed by atoms with E-state index < -0.39 is 18.9 Å². The van der Waals surface area contributed by atoms with Gasteiger partial charge in [0.05, 0.1) is 0 Å². The van der Waals surface area contributed by atoms with Gasteiger partial charge in [-0.15, -0.1) is 23.5 Å². The molecule has 1 amide bonds. The van der Waals surface area contributed by atoms with Crippen molar-refractivity contribution >= 4 is 46.8 Å². The normalized spacial score (nSPS) is 11.4. The Morgan fingerprint density at radius 1 is 1.44 bits per heavy atom. The third-order valence-corrected chi connectivity index (χ3v) is 4.34. The van der Waals surface area contributed by atoms with Gasteiger partial charge >= 0.3 is 12.3 Å². The average molecular weight is 318 g/mol. The van der Waals surface area contributed by atoms with Gasteiger partial charge in [0.2, 0.25) is 0 Å². The molecule has 0 radical (unpaired) electrons. The van der Waals surface area contributed by atoms with Crippen molar-refractivity contribution in [1.29, 1.82) is 0 Å². The van der Waals surface area contributed by atoms with E-state index in [1.807, 2.05) is 0 Å². The lowest BCUT2D eigenvalue weighted by atomic mass is 10.6. The Balaban J connectivity index is 2.66. The van der Waals surface area contributed by atoms with Gasteiger partial charge in [-0.25, -0.2) is 4.79 Å². The van der Waals surface area contributed by atoms with Crippen LogP contribution in [0.15, 0.2) is 9.24 Å². The zero-order chi connectivity index (χ0) is 13.8. The van der Waals surface area contributed by atoms with Crippen LogP contribution >= 0.6 is 35.1 Å². The summed E-state index contributed by atoms with van der Waals surface area (Å²) in [5, 5.41) is 2.83. The van der Waals surface area contributed by atoms with Crippen molar-refractivity contribution in [3.05, 3.63) is 0 Å². The third-order valence-electron chi connectivity index (χ3n) is 1.60. The fourth-order valence-corrected chi connectivity index (χ4v) is 3.08. The van der Waals surface area contributed by atoms with E-state index in [1.54, 1.807) is 12.5 Å². The fraction of sp³-hybridized carbons (Fsp3) is 0.500. The highest BCUT2D eigenvalue weighted by atomic mass is 32.2. The second-order valence-electron chi connectivity index (χ2n) is 2.87. The van der Waals surface area contributed by atoms with Crippen LogP contribution in [0.5, 0.6) is 0 Å². The second kappa shape index (κ2) is 6.53. The van der Waals surface area contributed by atoms with Crippen LogP contribution in [0.25, 0.3) is 0 Å². The average Bonchev–Trinajstić information content (AvgIpc) is 2.67. The summed E-state index contributed by atoms with van der Waals surface area (Å²) >= 11 is 3.80. The highest BCUT2D eigenvalue weighted by Gasteiger charge is 2.30. The number of anilines is 1. The minimum Gasteiger partial charge on any atom is -0.440 e. The van der Waals surface area contributed by atoms with Crippen molar-refractivity contribution in [3.63, 3.8) is 0 Å². The van der Waals surface area contributed by atoms with E-state index in [0.29, 0.717) is 14.9 Å². The topological polar surface area (TPSA) is 51.2 Å². The van der Waals surface area contributed by atoms with Crippen LogP contribution in [0.2, 0.25) is 0 Å². The number of carbonyl (C=O) groups excluding carboxylic acids is 1. The minimum absolute atomic E-state index is 0.396. The lowest BCUT2D eigenvalue weighted by molar-refractivity contribution is -0.159. The molecule has 1 aromatic rings. The Kier molecular flexibility index (Phi) is 5.60. The molecule has 1 heterocycles. The molecule has 1 aromatic heterocycles. The Morgan fingerprint density at radius 2 is 2.11 bits per heavy atom. The van der Waals surface area contributed by atoms with Crippen molar-refractivity contribution in [3.8, 4) is 0 Å². The van der Waals surface area contributed by atoms with E-state index >= 15 is 0 Å². The van der Waals surface area contributed by atoms with Crippen LogP contribution < -0.4 is 5.32 Å². The highest BCUT2D eigenvalue weighted by Crippen LogP contribution is 2.37. The smallest absolute Gasteiger partial charge is 0.422 e. The molecule has 0 aliphatic carbocycles. The lowest BCUT2D eigenvalue weighted by Crippen LogP contribution is -2.23. The summed E-state index contributed by atoms with van der Waals surface area (Å²) in [5.74, 6) is 0. The van der Waals surface area contributed by atoms with Gasteiger partial charge in [0, 0.05) is 0 Å². The molecule has 1 rings (SSSR count). The van der Waals surface area contributed by atoms with Gasteiger partial charge in [0.1, 0.15) is 14.9 Å². The van der Waals surface area contributed by atoms with Gasteiger partial charge in [0.15, 0.2) is 6.61 Å². The van der Waals surface area contributed by atoms with Gasteiger partial charge in [-0.05, 0) is 24.0 Å². The number of carbonyl (C=O) groups is 1. The molecule has 4 nitrogen and oxygen atoms in total. The van der Waals surface area contributed by atoms with Crippen LogP contribution in [0.4, 0.5) is 23.7 Å². The summed E-state index contributed by atoms with van der Waals surface area (Å²) in [4.78, 5) is 11.2. The summed E-state index contributed by atoms with van der Waals surface area (Å²) < 4.78 is 44.4. The minimum atomic E-state index is -4.53. The molecule has 18 heavy (non-hydrogen) atoms. The number of thioether (sulfide) groups is 2. The van der Waals surface area contributed by atoms with E-state index in [1.165, 1.54) is 35.1 Å². The largest absolute Gasteiger partial charge is 0.440 e. The van der Waals surface area contributed by atoms with E-state index in [-0.39, 0.29) is 0 Å². The number of rotatable bonds is 4. The maximum atomic E-state index is 11.9. The van der Waals surface area contributed by atoms with E-state index in [9.17, 15) is 18.0 Å². The van der Waals surface area contributed by atoms with Gasteiger partial charge in [-0.1, -0.05) is 0 Å². The number of nitrogens with one attached hydrogen (secondary N) is 1. The molecule has 10 heteroatoms. The van der Waals surface area contributed by atoms with E-state index in [0.717, 1.165) is 0 Å². The zero-order valence-electron chi connectivity index (χ0n) is 9.33. The molecule has 0 aromatic carbocycles. The first-order chi connectivity index (χ1) is 8.37. The maximum Gasteiger partial charge on any atom is 0.422 e. The van der Waals surface area contributed by atoms with Crippen LogP contribution in [0, 0.1) is 0 Å². The standard InChI is InChI=1S/C8H9F3N2O2S3/c1-16-5-4(6(17-2)18-13-5)12-7(14)15-3-8(9,10)11/h3H2,1-2H3,(H,12,14). The Bertz CT molecular complexity index is 401. The number of hydrogen-bond acceptors (Lipinski definition) is 6. The molecular weight excluding hydrogens is 309 g/mol. The second-order valence-corrected chi connectivity index (χ2v) is 5.52. The van der Waals surface area contributed by atoms with Gasteiger partial charge in [-0.2, -0.15) is 17.5 Å². The van der Waals surface area contributed by atoms with Crippen molar-refractivity contribution in [1.82, 2.24) is 4.37 Å². The number of hydrogen-bond donors (Lipinski definition) is 1. The molecule has 0 aliphatic rings. The molecular formula is C8H9F3N2O2S3. The van der Waals surface area contributed by atoms with Gasteiger partial charge < -0.3 is 4.74 Å². The molecule has 0 saturated heterocycles. The SMILES string of the molecule is CSc1nsc(SC)c1NC(=O)OCC(F)(F)F. The molecule has 0 fully saturated rings. The van der Waals surface area contributed by atoms with Crippen LogP contribution in [0.3, 0.4) is 0 Å². The van der Waals surface area contributed by atoms with Crippen LogP contribution in [0.1, 0.15) is 0 Å². The Labute approximate surface area is 114 Å². The predicted molar refractivity (Wildman–Crippen MR) is 66.7 cm³/mol. The van der Waals surface area contributed by atoms with Crippen molar-refractivity contribution < 1.29 is 22.7 Å². The maximum absolute atomic E-state index is 11.9. The summed E-state index contributed by atoms with van der Waals surface area (Å²) in [7, 11) is 0. The predicted octanol–water partition coefficient (Wildman–Crippen LogP) is 3.70. The fourth-order valence-electron chi connectivity index (χ4n) is 0.930. The van der Waals surface area contributed by atoms with Crippen molar-refractivity contribution in [2.45, 2.75) is 15.4 Å². The first kappa shape index (κ1) is 15.4. The first-order valence-electron chi connectivity index (χ1n) is 4.45. The summed E-state index contributed by atoms with van der Waals surface area (Å²) in [6.07, 6.45) is -2.14. The van der Waals surface area contributed by atoms with E-state index in [4.69, 9.17) is 0 Å². The van der Waals surface area contributed by atoms with Crippen LogP contribution in [-0.2, 0) is 4.74 Å². The van der Waals surface area contributed by atoms with E-state index in [2.05, 4.69) is 14.4 Å². The number of halogens is 3. The highest BCUT2D eigenvalue weighted by molar-refractivity contribution is 8.01. The number of aromatic nitrogens is 1. The molecule has 0 aliphatic heterocycles. The van der Waals surface area contributed by atoms with Crippen molar-refractivity contribution in [2.75, 3.05) is 24.4 Å². The quantitative estimate of drug-likeness (QED) is 0.858. The zero-order valence-corrected chi connectivity index (χ0v) is 11.8. The number of alkyl halides is 3. The lowest BCUT2D eigenvalue weighted by Gasteiger charge is -2.09. The Morgan fingerprint density at radius 3 is 2.61 bits per heavy atom. The molecule has 0 bridgehead atoms. The number of ether oxygens (including phenoxy) is 1. The number of amides is 1. The van der Waals surface area contributed by atoms with Gasteiger partial charge in [0.25, 0.3) is 0 Å². The first-order valence-corrected chi connectivity index (χ1v) is 7.68. The molecule has 0 saturated carbocycles. The summed E-state index contributed by atoms with van der Waals surface area (Å²) in [5.41, 5.74) is 0.396. The molecule has 1 N–H and O–H groups in total. The molecule has 102 valence electrons. The molecule has 0 spiro atoms. The third kappa shape index (κ3) is 4.58. The summed E-state index contributed by atoms with van der Waals surface area (Å²) in [6, 6.07) is 0. The van der Waals surface area contributed by atoms with Crippen LogP contribution in [-0.4, -0.2) is 35.8 Å². The summed E-state index contributed by atoms with van der Waals surface area (Å²) in [6.45, 7) is -1.61. The van der Waals surface area contributed by atoms with Crippen molar-refractivity contribution in [2.24, 2.45) is 0 Å². The molecule has 0 unspecified atom stereocenters. The monoisotopic (exact) mass is 318 g/mol.